The van der Waals surface area contributed by atoms with Crippen molar-refractivity contribution in [2.45, 2.75) is 6.54 Å². The number of rotatable bonds is 5. The van der Waals surface area contributed by atoms with Crippen LogP contribution in [-0.4, -0.2) is 27.5 Å². The second kappa shape index (κ2) is 5.22. The molecule has 0 aliphatic carbocycles. The van der Waals surface area contributed by atoms with Crippen LogP contribution in [0.15, 0.2) is 36.7 Å². The van der Waals surface area contributed by atoms with Crippen molar-refractivity contribution in [3.05, 3.63) is 42.2 Å². The summed E-state index contributed by atoms with van der Waals surface area (Å²) in [6, 6.07) is 6.41. The van der Waals surface area contributed by atoms with E-state index in [0.29, 0.717) is 18.9 Å². The van der Waals surface area contributed by atoms with Gasteiger partial charge in [0.15, 0.2) is 0 Å². The van der Waals surface area contributed by atoms with Gasteiger partial charge in [-0.05, 0) is 24.3 Å². The highest BCUT2D eigenvalue weighted by atomic mass is 16.5. The van der Waals surface area contributed by atoms with Gasteiger partial charge in [-0.3, -0.25) is 4.68 Å². The van der Waals surface area contributed by atoms with Crippen LogP contribution in [0.3, 0.4) is 0 Å². The van der Waals surface area contributed by atoms with Crippen molar-refractivity contribution in [1.29, 1.82) is 0 Å². The molecule has 6 heteroatoms. The molecule has 94 valence electrons. The molecular formula is C12H13N3O3. The Labute approximate surface area is 104 Å². The molecule has 1 heterocycles. The molecule has 0 saturated carbocycles. The van der Waals surface area contributed by atoms with Crippen LogP contribution in [0.4, 0.5) is 5.69 Å². The van der Waals surface area contributed by atoms with Crippen molar-refractivity contribution in [3.63, 3.8) is 0 Å². The number of nitrogens with zero attached hydrogens (tertiary/aromatic N) is 2. The third-order valence-corrected chi connectivity index (χ3v) is 2.40. The Hall–Kier alpha value is -2.50. The Morgan fingerprint density at radius 2 is 2.33 bits per heavy atom. The molecule has 2 rings (SSSR count). The van der Waals surface area contributed by atoms with E-state index in [0.717, 1.165) is 0 Å². The van der Waals surface area contributed by atoms with Gasteiger partial charge in [0, 0.05) is 18.1 Å². The standard InChI is InChI=1S/C12H13N3O3/c13-11-3-2-9(8-10(11)12(16)17)18-7-6-15-5-1-4-14-15/h1-5,8H,6-7,13H2,(H,16,17). The lowest BCUT2D eigenvalue weighted by Gasteiger charge is -2.08. The highest BCUT2D eigenvalue weighted by Gasteiger charge is 2.09. The van der Waals surface area contributed by atoms with Crippen LogP contribution in [0.2, 0.25) is 0 Å². The third-order valence-electron chi connectivity index (χ3n) is 2.40. The summed E-state index contributed by atoms with van der Waals surface area (Å²) in [5.74, 6) is -0.584. The van der Waals surface area contributed by atoms with Crippen molar-refractivity contribution in [2.24, 2.45) is 0 Å². The van der Waals surface area contributed by atoms with E-state index >= 15 is 0 Å². The highest BCUT2D eigenvalue weighted by molar-refractivity contribution is 5.94. The van der Waals surface area contributed by atoms with Gasteiger partial charge in [0.1, 0.15) is 12.4 Å². The summed E-state index contributed by atoms with van der Waals surface area (Å²) in [6.07, 6.45) is 3.51. The number of ether oxygens (including phenoxy) is 1. The first kappa shape index (κ1) is 12.0. The number of nitrogens with two attached hydrogens (primary N) is 1. The van der Waals surface area contributed by atoms with Gasteiger partial charge in [0.25, 0.3) is 0 Å². The topological polar surface area (TPSA) is 90.4 Å². The van der Waals surface area contributed by atoms with Crippen LogP contribution >= 0.6 is 0 Å². The molecular weight excluding hydrogens is 234 g/mol. The maximum Gasteiger partial charge on any atom is 0.337 e. The molecule has 1 aromatic carbocycles. The number of carboxylic acid groups (broad SMARTS) is 1. The Kier molecular flexibility index (Phi) is 3.47. The van der Waals surface area contributed by atoms with Crippen LogP contribution < -0.4 is 10.5 Å². The zero-order chi connectivity index (χ0) is 13.0. The zero-order valence-corrected chi connectivity index (χ0v) is 9.61. The van der Waals surface area contributed by atoms with E-state index < -0.39 is 5.97 Å². The molecule has 0 aliphatic rings. The van der Waals surface area contributed by atoms with E-state index in [4.69, 9.17) is 15.6 Å². The molecule has 0 fully saturated rings. The summed E-state index contributed by atoms with van der Waals surface area (Å²) in [7, 11) is 0. The predicted molar refractivity (Wildman–Crippen MR) is 65.5 cm³/mol. The van der Waals surface area contributed by atoms with E-state index in [9.17, 15) is 4.79 Å². The monoisotopic (exact) mass is 247 g/mol. The minimum atomic E-state index is -1.06. The second-order valence-electron chi connectivity index (χ2n) is 3.67. The Balaban J connectivity index is 1.97. The maximum atomic E-state index is 10.9. The second-order valence-corrected chi connectivity index (χ2v) is 3.67. The Morgan fingerprint density at radius 1 is 1.50 bits per heavy atom. The molecule has 0 spiro atoms. The van der Waals surface area contributed by atoms with Crippen LogP contribution in [0.1, 0.15) is 10.4 Å². The predicted octanol–water partition coefficient (Wildman–Crippen LogP) is 1.24. The number of carbonyl (C=O) groups is 1. The van der Waals surface area contributed by atoms with Gasteiger partial charge in [0.2, 0.25) is 0 Å². The van der Waals surface area contributed by atoms with Gasteiger partial charge >= 0.3 is 5.97 Å². The van der Waals surface area contributed by atoms with E-state index in [-0.39, 0.29) is 11.3 Å². The number of hydrogen-bond acceptors (Lipinski definition) is 4. The molecule has 0 unspecified atom stereocenters. The normalized spacial score (nSPS) is 10.2. The molecule has 0 saturated heterocycles. The fraction of sp³-hybridized carbons (Fsp3) is 0.167. The fourth-order valence-electron chi connectivity index (χ4n) is 1.50. The van der Waals surface area contributed by atoms with Crippen molar-refractivity contribution < 1.29 is 14.6 Å². The summed E-state index contributed by atoms with van der Waals surface area (Å²) < 4.78 is 7.18. The van der Waals surface area contributed by atoms with Gasteiger partial charge in [-0.1, -0.05) is 0 Å². The molecule has 0 atom stereocenters. The van der Waals surface area contributed by atoms with Crippen molar-refractivity contribution >= 4 is 11.7 Å². The first-order chi connectivity index (χ1) is 8.66. The average Bonchev–Trinajstić information content (AvgIpc) is 2.84. The van der Waals surface area contributed by atoms with E-state index in [1.54, 1.807) is 16.9 Å². The summed E-state index contributed by atoms with van der Waals surface area (Å²) in [5, 5.41) is 12.9. The van der Waals surface area contributed by atoms with Crippen LogP contribution in [0.25, 0.3) is 0 Å². The minimum absolute atomic E-state index is 0.0478. The molecule has 2 aromatic rings. The van der Waals surface area contributed by atoms with Gasteiger partial charge < -0.3 is 15.6 Å². The molecule has 3 N–H and O–H groups in total. The lowest BCUT2D eigenvalue weighted by atomic mass is 10.2. The van der Waals surface area contributed by atoms with Crippen LogP contribution in [0, 0.1) is 0 Å². The number of anilines is 1. The lowest BCUT2D eigenvalue weighted by Crippen LogP contribution is -2.09. The first-order valence-electron chi connectivity index (χ1n) is 5.40. The maximum absolute atomic E-state index is 10.9. The van der Waals surface area contributed by atoms with Crippen LogP contribution in [-0.2, 0) is 6.54 Å². The molecule has 0 radical (unpaired) electrons. The first-order valence-corrected chi connectivity index (χ1v) is 5.40. The number of carboxylic acids is 1. The number of nitrogen functional groups attached to an aromatic ring is 1. The SMILES string of the molecule is Nc1ccc(OCCn2cccn2)cc1C(=O)O. The molecule has 6 nitrogen and oxygen atoms in total. The average molecular weight is 247 g/mol. The summed E-state index contributed by atoms with van der Waals surface area (Å²) in [4.78, 5) is 10.9. The van der Waals surface area contributed by atoms with E-state index in [1.807, 2.05) is 12.3 Å². The van der Waals surface area contributed by atoms with E-state index in [2.05, 4.69) is 5.10 Å². The molecule has 0 aliphatic heterocycles. The summed E-state index contributed by atoms with van der Waals surface area (Å²) in [5.41, 5.74) is 5.82. The highest BCUT2D eigenvalue weighted by Crippen LogP contribution is 2.19. The quantitative estimate of drug-likeness (QED) is 0.776. The summed E-state index contributed by atoms with van der Waals surface area (Å²) in [6.45, 7) is 1.00. The van der Waals surface area contributed by atoms with E-state index in [1.165, 1.54) is 12.1 Å². The molecule has 18 heavy (non-hydrogen) atoms. The lowest BCUT2D eigenvalue weighted by molar-refractivity contribution is 0.0697. The molecule has 0 bridgehead atoms. The van der Waals surface area contributed by atoms with Crippen molar-refractivity contribution in [1.82, 2.24) is 9.78 Å². The Morgan fingerprint density at radius 3 is 3.00 bits per heavy atom. The van der Waals surface area contributed by atoms with Gasteiger partial charge in [0.05, 0.1) is 12.1 Å². The Bertz CT molecular complexity index is 538. The molecule has 1 aromatic heterocycles. The van der Waals surface area contributed by atoms with Gasteiger partial charge in [-0.2, -0.15) is 5.10 Å². The van der Waals surface area contributed by atoms with Crippen molar-refractivity contribution in [3.8, 4) is 5.75 Å². The zero-order valence-electron chi connectivity index (χ0n) is 9.61. The fourth-order valence-corrected chi connectivity index (χ4v) is 1.50. The van der Waals surface area contributed by atoms with Gasteiger partial charge in [-0.15, -0.1) is 0 Å². The number of hydrogen-bond donors (Lipinski definition) is 2. The molecule has 0 amide bonds. The largest absolute Gasteiger partial charge is 0.492 e. The minimum Gasteiger partial charge on any atom is -0.492 e. The number of aromatic carboxylic acids is 1. The number of benzene rings is 1. The summed E-state index contributed by atoms with van der Waals surface area (Å²) >= 11 is 0. The van der Waals surface area contributed by atoms with Crippen LogP contribution in [0.5, 0.6) is 5.75 Å². The smallest absolute Gasteiger partial charge is 0.337 e. The van der Waals surface area contributed by atoms with Gasteiger partial charge in [-0.25, -0.2) is 4.79 Å². The number of aromatic nitrogens is 2. The third kappa shape index (κ3) is 2.79. The van der Waals surface area contributed by atoms with Crippen molar-refractivity contribution in [2.75, 3.05) is 12.3 Å².